The molecular formula is C26H23NO6. The summed E-state index contributed by atoms with van der Waals surface area (Å²) in [6, 6.07) is 21.2. The van der Waals surface area contributed by atoms with Gasteiger partial charge >= 0.3 is 5.97 Å². The number of nitriles is 1. The number of carbonyl (C=O) groups is 1. The van der Waals surface area contributed by atoms with Gasteiger partial charge in [0.1, 0.15) is 17.2 Å². The minimum Gasteiger partial charge on any atom is -0.497 e. The quantitative estimate of drug-likeness (QED) is 0.203. The predicted molar refractivity (Wildman–Crippen MR) is 124 cm³/mol. The molecule has 0 unspecified atom stereocenters. The van der Waals surface area contributed by atoms with Crippen molar-refractivity contribution < 1.29 is 28.5 Å². The number of benzene rings is 3. The molecule has 0 radical (unpaired) electrons. The maximum absolute atomic E-state index is 12.1. The summed E-state index contributed by atoms with van der Waals surface area (Å²) >= 11 is 0. The molecule has 0 aromatic heterocycles. The Morgan fingerprint density at radius 2 is 1.58 bits per heavy atom. The Bertz CT molecular complexity index is 1180. The molecule has 0 atom stereocenters. The SMILES string of the molecule is COc1cccc(OCC(=O)Oc2ccc(/C=C(/C#N)c3ccc(OC)c(OC)c3)cc2)c1. The fourth-order valence-corrected chi connectivity index (χ4v) is 2.98. The van der Waals surface area contributed by atoms with Crippen molar-refractivity contribution in [2.45, 2.75) is 0 Å². The van der Waals surface area contributed by atoms with E-state index in [1.54, 1.807) is 94.1 Å². The summed E-state index contributed by atoms with van der Waals surface area (Å²) in [4.78, 5) is 12.1. The first-order valence-electron chi connectivity index (χ1n) is 9.98. The molecule has 0 saturated carbocycles. The summed E-state index contributed by atoms with van der Waals surface area (Å²) in [6.07, 6.45) is 1.73. The zero-order chi connectivity index (χ0) is 23.6. The first-order chi connectivity index (χ1) is 16.1. The summed E-state index contributed by atoms with van der Waals surface area (Å²) in [5.41, 5.74) is 1.92. The summed E-state index contributed by atoms with van der Waals surface area (Å²) in [5.74, 6) is 2.09. The average molecular weight is 445 g/mol. The minimum absolute atomic E-state index is 0.243. The normalized spacial score (nSPS) is 10.7. The van der Waals surface area contributed by atoms with Gasteiger partial charge in [-0.3, -0.25) is 0 Å². The molecule has 0 amide bonds. The van der Waals surface area contributed by atoms with E-state index in [-0.39, 0.29) is 6.61 Å². The van der Waals surface area contributed by atoms with Gasteiger partial charge in [-0.25, -0.2) is 4.79 Å². The van der Waals surface area contributed by atoms with Crippen LogP contribution in [-0.2, 0) is 4.79 Å². The molecule has 0 N–H and O–H groups in total. The van der Waals surface area contributed by atoms with Gasteiger partial charge in [0.15, 0.2) is 18.1 Å². The highest BCUT2D eigenvalue weighted by Crippen LogP contribution is 2.31. The van der Waals surface area contributed by atoms with Crippen LogP contribution in [0, 0.1) is 11.3 Å². The first-order valence-corrected chi connectivity index (χ1v) is 9.98. The number of methoxy groups -OCH3 is 3. The number of hydrogen-bond acceptors (Lipinski definition) is 7. The van der Waals surface area contributed by atoms with Gasteiger partial charge in [-0.05, 0) is 59.7 Å². The monoisotopic (exact) mass is 445 g/mol. The standard InChI is InChI=1S/C26H23NO6/c1-29-22-5-4-6-23(15-22)32-17-26(28)33-21-10-7-18(8-11-21)13-20(16-27)19-9-12-24(30-2)25(14-19)31-3/h4-15H,17H2,1-3H3/b20-13-. The molecule has 0 saturated heterocycles. The van der Waals surface area contributed by atoms with Gasteiger partial charge in [-0.1, -0.05) is 18.2 Å². The second-order valence-corrected chi connectivity index (χ2v) is 6.75. The van der Waals surface area contributed by atoms with Crippen molar-refractivity contribution in [3.8, 4) is 34.8 Å². The molecule has 0 aliphatic heterocycles. The van der Waals surface area contributed by atoms with Crippen LogP contribution in [0.1, 0.15) is 11.1 Å². The van der Waals surface area contributed by atoms with Gasteiger partial charge < -0.3 is 23.7 Å². The van der Waals surface area contributed by atoms with Crippen LogP contribution in [0.25, 0.3) is 11.6 Å². The highest BCUT2D eigenvalue weighted by Gasteiger charge is 2.09. The Labute approximate surface area is 192 Å². The first kappa shape index (κ1) is 23.2. The Balaban J connectivity index is 1.64. The zero-order valence-corrected chi connectivity index (χ0v) is 18.5. The molecule has 0 aliphatic carbocycles. The maximum Gasteiger partial charge on any atom is 0.349 e. The third-order valence-corrected chi connectivity index (χ3v) is 4.64. The van der Waals surface area contributed by atoms with Crippen LogP contribution in [0.3, 0.4) is 0 Å². The van der Waals surface area contributed by atoms with E-state index in [4.69, 9.17) is 23.7 Å². The molecule has 0 heterocycles. The van der Waals surface area contributed by atoms with Crippen molar-refractivity contribution in [2.75, 3.05) is 27.9 Å². The number of rotatable bonds is 9. The number of hydrogen-bond donors (Lipinski definition) is 0. The topological polar surface area (TPSA) is 87.0 Å². The van der Waals surface area contributed by atoms with Crippen molar-refractivity contribution in [3.63, 3.8) is 0 Å². The molecule has 3 aromatic carbocycles. The third kappa shape index (κ3) is 6.28. The van der Waals surface area contributed by atoms with Gasteiger partial charge in [0.2, 0.25) is 0 Å². The lowest BCUT2D eigenvalue weighted by Gasteiger charge is -2.09. The molecule has 0 fully saturated rings. The summed E-state index contributed by atoms with van der Waals surface area (Å²) in [5, 5.41) is 9.61. The molecule has 7 heteroatoms. The van der Waals surface area contributed by atoms with E-state index in [1.165, 1.54) is 0 Å². The van der Waals surface area contributed by atoms with Crippen LogP contribution in [0.15, 0.2) is 66.7 Å². The lowest BCUT2D eigenvalue weighted by atomic mass is 10.0. The van der Waals surface area contributed by atoms with Crippen LogP contribution >= 0.6 is 0 Å². The lowest BCUT2D eigenvalue weighted by Crippen LogP contribution is -2.17. The van der Waals surface area contributed by atoms with E-state index in [0.29, 0.717) is 39.9 Å². The predicted octanol–water partition coefficient (Wildman–Crippen LogP) is 4.76. The number of carbonyl (C=O) groups excluding carboxylic acids is 1. The van der Waals surface area contributed by atoms with Crippen LogP contribution in [-0.4, -0.2) is 33.9 Å². The Hall–Kier alpha value is -4.44. The largest absolute Gasteiger partial charge is 0.497 e. The average Bonchev–Trinajstić information content (AvgIpc) is 2.86. The summed E-state index contributed by atoms with van der Waals surface area (Å²) in [7, 11) is 4.65. The molecule has 7 nitrogen and oxygen atoms in total. The highest BCUT2D eigenvalue weighted by molar-refractivity contribution is 5.90. The minimum atomic E-state index is -0.538. The number of allylic oxidation sites excluding steroid dienone is 1. The highest BCUT2D eigenvalue weighted by atomic mass is 16.6. The van der Waals surface area contributed by atoms with Gasteiger partial charge in [-0.15, -0.1) is 0 Å². The van der Waals surface area contributed by atoms with E-state index >= 15 is 0 Å². The second-order valence-electron chi connectivity index (χ2n) is 6.75. The fraction of sp³-hybridized carbons (Fsp3) is 0.154. The van der Waals surface area contributed by atoms with Crippen LogP contribution < -0.4 is 23.7 Å². The van der Waals surface area contributed by atoms with Gasteiger partial charge in [-0.2, -0.15) is 5.26 Å². The van der Waals surface area contributed by atoms with Gasteiger partial charge in [0.25, 0.3) is 0 Å². The van der Waals surface area contributed by atoms with Crippen molar-refractivity contribution in [1.29, 1.82) is 5.26 Å². The third-order valence-electron chi connectivity index (χ3n) is 4.64. The molecule has 3 aromatic rings. The van der Waals surface area contributed by atoms with Crippen LogP contribution in [0.5, 0.6) is 28.7 Å². The van der Waals surface area contributed by atoms with Gasteiger partial charge in [0.05, 0.1) is 33.0 Å². The second kappa shape index (κ2) is 11.3. The molecule has 33 heavy (non-hydrogen) atoms. The molecule has 0 aliphatic rings. The molecular weight excluding hydrogens is 422 g/mol. The van der Waals surface area contributed by atoms with E-state index in [9.17, 15) is 10.1 Å². The van der Waals surface area contributed by atoms with Crippen molar-refractivity contribution in [2.24, 2.45) is 0 Å². The molecule has 0 spiro atoms. The van der Waals surface area contributed by atoms with Gasteiger partial charge in [0, 0.05) is 6.07 Å². The number of nitrogens with zero attached hydrogens (tertiary/aromatic N) is 1. The van der Waals surface area contributed by atoms with E-state index in [2.05, 4.69) is 6.07 Å². The van der Waals surface area contributed by atoms with Crippen molar-refractivity contribution >= 4 is 17.6 Å². The summed E-state index contributed by atoms with van der Waals surface area (Å²) < 4.78 is 26.4. The lowest BCUT2D eigenvalue weighted by molar-refractivity contribution is -0.136. The summed E-state index contributed by atoms with van der Waals surface area (Å²) in [6.45, 7) is -0.243. The van der Waals surface area contributed by atoms with E-state index in [1.807, 2.05) is 0 Å². The van der Waals surface area contributed by atoms with Crippen LogP contribution in [0.4, 0.5) is 0 Å². The molecule has 3 rings (SSSR count). The molecule has 168 valence electrons. The number of esters is 1. The maximum atomic E-state index is 12.1. The Morgan fingerprint density at radius 3 is 2.24 bits per heavy atom. The molecule has 0 bridgehead atoms. The van der Waals surface area contributed by atoms with E-state index in [0.717, 1.165) is 5.56 Å². The van der Waals surface area contributed by atoms with Crippen molar-refractivity contribution in [3.05, 3.63) is 77.9 Å². The Morgan fingerprint density at radius 1 is 0.848 bits per heavy atom. The smallest absolute Gasteiger partial charge is 0.349 e. The zero-order valence-electron chi connectivity index (χ0n) is 18.5. The fourth-order valence-electron chi connectivity index (χ4n) is 2.98. The Kier molecular flexibility index (Phi) is 7.92. The van der Waals surface area contributed by atoms with E-state index < -0.39 is 5.97 Å². The van der Waals surface area contributed by atoms with Crippen LogP contribution in [0.2, 0.25) is 0 Å². The van der Waals surface area contributed by atoms with Crippen molar-refractivity contribution in [1.82, 2.24) is 0 Å². The number of ether oxygens (including phenoxy) is 5.